The normalized spacial score (nSPS) is 11.8. The van der Waals surface area contributed by atoms with Gasteiger partial charge >= 0.3 is 5.97 Å². The minimum Gasteiger partial charge on any atom is -0.505 e. The molecule has 7 nitrogen and oxygen atoms in total. The Morgan fingerprint density at radius 3 is 2.59 bits per heavy atom. The van der Waals surface area contributed by atoms with E-state index in [0.717, 1.165) is 16.6 Å². The molecule has 32 heavy (non-hydrogen) atoms. The van der Waals surface area contributed by atoms with E-state index in [9.17, 15) is 9.90 Å². The highest BCUT2D eigenvalue weighted by Crippen LogP contribution is 2.36. The van der Waals surface area contributed by atoms with Gasteiger partial charge in [0.25, 0.3) is 0 Å². The minimum absolute atomic E-state index is 0.114. The summed E-state index contributed by atoms with van der Waals surface area (Å²) in [7, 11) is 1.55. The van der Waals surface area contributed by atoms with Gasteiger partial charge in [-0.05, 0) is 42.0 Å². The average molecular weight is 429 g/mol. The van der Waals surface area contributed by atoms with Gasteiger partial charge in [-0.15, -0.1) is 0 Å². The number of methoxy groups -OCH3 is 1. The summed E-state index contributed by atoms with van der Waals surface area (Å²) >= 11 is 0. The fourth-order valence-electron chi connectivity index (χ4n) is 3.44. The molecule has 0 radical (unpaired) electrons. The molecule has 7 heteroatoms. The van der Waals surface area contributed by atoms with Crippen molar-refractivity contribution in [2.24, 2.45) is 0 Å². The summed E-state index contributed by atoms with van der Waals surface area (Å²) in [5.74, 6) is -0.293. The Labute approximate surface area is 185 Å². The highest BCUT2D eigenvalue weighted by atomic mass is 16.6. The molecule has 0 saturated carbocycles. The molecule has 0 amide bonds. The average Bonchev–Trinajstić information content (AvgIpc) is 2.84. The van der Waals surface area contributed by atoms with Crippen LogP contribution in [0.4, 0.5) is 5.69 Å². The molecule has 0 bridgehead atoms. The molecule has 0 aliphatic heterocycles. The Morgan fingerprint density at radius 1 is 1.03 bits per heavy atom. The van der Waals surface area contributed by atoms with Crippen molar-refractivity contribution in [1.29, 1.82) is 0 Å². The molecule has 162 valence electrons. The SMILES string of the molecule is COCCOC(=O)c1ccc(NC(c2cccnc2)c2ccc3cccnc3c2O)cc1. The van der Waals surface area contributed by atoms with Crippen LogP contribution in [0.25, 0.3) is 10.9 Å². The topological polar surface area (TPSA) is 93.6 Å². The van der Waals surface area contributed by atoms with Gasteiger partial charge in [0, 0.05) is 42.3 Å². The molecule has 0 aliphatic carbocycles. The van der Waals surface area contributed by atoms with Crippen LogP contribution in [0.3, 0.4) is 0 Å². The molecule has 0 saturated heterocycles. The lowest BCUT2D eigenvalue weighted by Gasteiger charge is -2.22. The van der Waals surface area contributed by atoms with Crippen molar-refractivity contribution in [1.82, 2.24) is 9.97 Å². The first kappa shape index (κ1) is 21.3. The summed E-state index contributed by atoms with van der Waals surface area (Å²) in [6.45, 7) is 0.552. The second-order valence-electron chi connectivity index (χ2n) is 7.15. The van der Waals surface area contributed by atoms with Crippen molar-refractivity contribution >= 4 is 22.6 Å². The van der Waals surface area contributed by atoms with Gasteiger partial charge in [-0.25, -0.2) is 4.79 Å². The zero-order valence-corrected chi connectivity index (χ0v) is 17.6. The van der Waals surface area contributed by atoms with Crippen LogP contribution >= 0.6 is 0 Å². The third-order valence-electron chi connectivity index (χ3n) is 5.06. The number of esters is 1. The third-order valence-corrected chi connectivity index (χ3v) is 5.06. The maximum atomic E-state index is 12.1. The number of aromatic hydroxyl groups is 1. The monoisotopic (exact) mass is 429 g/mol. The number of ether oxygens (including phenoxy) is 2. The second-order valence-corrected chi connectivity index (χ2v) is 7.15. The maximum Gasteiger partial charge on any atom is 0.338 e. The molecule has 4 rings (SSSR count). The number of benzene rings is 2. The van der Waals surface area contributed by atoms with Gasteiger partial charge in [-0.3, -0.25) is 9.97 Å². The number of nitrogens with one attached hydrogen (secondary N) is 1. The maximum absolute atomic E-state index is 12.1. The first-order valence-corrected chi connectivity index (χ1v) is 10.2. The fourth-order valence-corrected chi connectivity index (χ4v) is 3.44. The first-order chi connectivity index (χ1) is 15.7. The number of nitrogens with zero attached hydrogens (tertiary/aromatic N) is 2. The summed E-state index contributed by atoms with van der Waals surface area (Å²) in [4.78, 5) is 20.7. The van der Waals surface area contributed by atoms with Crippen LogP contribution in [0.15, 0.2) is 79.3 Å². The zero-order valence-electron chi connectivity index (χ0n) is 17.6. The predicted molar refractivity (Wildman–Crippen MR) is 122 cm³/mol. The van der Waals surface area contributed by atoms with Crippen LogP contribution in [0.2, 0.25) is 0 Å². The molecule has 2 aromatic heterocycles. The predicted octanol–water partition coefficient (Wildman–Crippen LogP) is 4.34. The number of anilines is 1. The molecule has 4 aromatic rings. The molecule has 0 aliphatic rings. The Kier molecular flexibility index (Phi) is 6.57. The number of hydrogen-bond donors (Lipinski definition) is 2. The van der Waals surface area contributed by atoms with E-state index in [4.69, 9.17) is 9.47 Å². The number of fused-ring (bicyclic) bond motifs is 1. The highest BCUT2D eigenvalue weighted by molar-refractivity contribution is 5.90. The molecule has 2 heterocycles. The number of carbonyl (C=O) groups is 1. The van der Waals surface area contributed by atoms with Crippen LogP contribution in [-0.4, -0.2) is 41.4 Å². The van der Waals surface area contributed by atoms with Crippen LogP contribution in [0, 0.1) is 0 Å². The van der Waals surface area contributed by atoms with Crippen molar-refractivity contribution in [3.05, 3.63) is 95.9 Å². The van der Waals surface area contributed by atoms with Gasteiger partial charge in [0.1, 0.15) is 17.9 Å². The molecule has 2 aromatic carbocycles. The molecule has 1 unspecified atom stereocenters. The van der Waals surface area contributed by atoms with Gasteiger partial charge in [-0.2, -0.15) is 0 Å². The zero-order chi connectivity index (χ0) is 22.3. The van der Waals surface area contributed by atoms with Crippen molar-refractivity contribution in [2.45, 2.75) is 6.04 Å². The summed E-state index contributed by atoms with van der Waals surface area (Å²) < 4.78 is 10.0. The number of hydrogen-bond acceptors (Lipinski definition) is 7. The third kappa shape index (κ3) is 4.68. The van der Waals surface area contributed by atoms with Gasteiger partial charge in [0.05, 0.1) is 18.2 Å². The number of rotatable bonds is 8. The van der Waals surface area contributed by atoms with Gasteiger partial charge in [-0.1, -0.05) is 24.3 Å². The summed E-state index contributed by atoms with van der Waals surface area (Å²) in [6, 6.07) is 17.9. The Bertz CT molecular complexity index is 1200. The molecule has 0 fully saturated rings. The summed E-state index contributed by atoms with van der Waals surface area (Å²) in [6.07, 6.45) is 5.11. The number of aromatic nitrogens is 2. The largest absolute Gasteiger partial charge is 0.505 e. The Balaban J connectivity index is 1.63. The standard InChI is InChI=1S/C25H23N3O4/c1-31-14-15-32-25(30)18-6-9-20(10-7-18)28-22(19-5-2-12-26-16-19)21-11-8-17-4-3-13-27-23(17)24(21)29/h2-13,16,22,28-29H,14-15H2,1H3. The molecular weight excluding hydrogens is 406 g/mol. The van der Waals surface area contributed by atoms with Gasteiger partial charge in [0.2, 0.25) is 0 Å². The quantitative estimate of drug-likeness (QED) is 0.318. The number of phenolic OH excluding ortho intramolecular Hbond substituents is 1. The summed E-state index contributed by atoms with van der Waals surface area (Å²) in [5, 5.41) is 15.3. The Hall–Kier alpha value is -3.97. The van der Waals surface area contributed by atoms with Crippen LogP contribution < -0.4 is 5.32 Å². The van der Waals surface area contributed by atoms with Crippen LogP contribution in [0.1, 0.15) is 27.5 Å². The highest BCUT2D eigenvalue weighted by Gasteiger charge is 2.20. The minimum atomic E-state index is -0.407. The lowest BCUT2D eigenvalue weighted by Crippen LogP contribution is -2.14. The molecule has 0 spiro atoms. The number of pyridine rings is 2. The smallest absolute Gasteiger partial charge is 0.338 e. The van der Waals surface area contributed by atoms with E-state index in [-0.39, 0.29) is 18.4 Å². The molecule has 2 N–H and O–H groups in total. The second kappa shape index (κ2) is 9.89. The number of carbonyl (C=O) groups excluding carboxylic acids is 1. The molecular formula is C25H23N3O4. The van der Waals surface area contributed by atoms with E-state index in [2.05, 4.69) is 15.3 Å². The first-order valence-electron chi connectivity index (χ1n) is 10.2. The van der Waals surface area contributed by atoms with E-state index < -0.39 is 5.97 Å². The summed E-state index contributed by atoms with van der Waals surface area (Å²) in [5.41, 5.74) is 3.30. The fraction of sp³-hybridized carbons (Fsp3) is 0.160. The molecule has 1 atom stereocenters. The van der Waals surface area contributed by atoms with Gasteiger partial charge < -0.3 is 19.9 Å². The van der Waals surface area contributed by atoms with Crippen LogP contribution in [-0.2, 0) is 9.47 Å². The van der Waals surface area contributed by atoms with Crippen LogP contribution in [0.5, 0.6) is 5.75 Å². The van der Waals surface area contributed by atoms with E-state index in [1.165, 1.54) is 0 Å². The van der Waals surface area contributed by atoms with E-state index in [1.54, 1.807) is 50.0 Å². The van der Waals surface area contributed by atoms with Crippen molar-refractivity contribution < 1.29 is 19.4 Å². The van der Waals surface area contributed by atoms with Crippen molar-refractivity contribution in [2.75, 3.05) is 25.6 Å². The van der Waals surface area contributed by atoms with E-state index >= 15 is 0 Å². The van der Waals surface area contributed by atoms with Crippen molar-refractivity contribution in [3.8, 4) is 5.75 Å². The van der Waals surface area contributed by atoms with Crippen molar-refractivity contribution in [3.63, 3.8) is 0 Å². The van der Waals surface area contributed by atoms with Gasteiger partial charge in [0.15, 0.2) is 0 Å². The van der Waals surface area contributed by atoms with E-state index in [0.29, 0.717) is 23.3 Å². The lowest BCUT2D eigenvalue weighted by atomic mass is 9.97. The number of phenols is 1. The van der Waals surface area contributed by atoms with E-state index in [1.807, 2.05) is 36.4 Å². The lowest BCUT2D eigenvalue weighted by molar-refractivity contribution is 0.0388. The Morgan fingerprint density at radius 2 is 1.84 bits per heavy atom.